The van der Waals surface area contributed by atoms with Crippen molar-refractivity contribution in [2.45, 2.75) is 53.3 Å². The molecule has 1 unspecified atom stereocenters. The molecule has 0 fully saturated rings. The summed E-state index contributed by atoms with van der Waals surface area (Å²) in [7, 11) is 0. The number of primary amides is 1. The number of alkyl halides is 2. The minimum absolute atomic E-state index is 0.188. The molecule has 11 heteroatoms. The van der Waals surface area contributed by atoms with Crippen LogP contribution in [-0.4, -0.2) is 39.9 Å². The highest BCUT2D eigenvalue weighted by atomic mass is 19.3. The molecule has 0 spiro atoms. The first-order valence-corrected chi connectivity index (χ1v) is 11.8. The molecular formula is C26H29F2N5O4. The fourth-order valence-electron chi connectivity index (χ4n) is 4.99. The van der Waals surface area contributed by atoms with E-state index in [0.29, 0.717) is 29.1 Å². The van der Waals surface area contributed by atoms with E-state index < -0.39 is 24.1 Å². The van der Waals surface area contributed by atoms with Gasteiger partial charge in [-0.25, -0.2) is 9.59 Å². The molecule has 1 aliphatic heterocycles. The lowest BCUT2D eigenvalue weighted by atomic mass is 9.96. The van der Waals surface area contributed by atoms with Crippen LogP contribution in [0, 0.1) is 20.8 Å². The number of halogens is 2. The number of urea groups is 1. The van der Waals surface area contributed by atoms with Crippen molar-refractivity contribution >= 4 is 17.5 Å². The quantitative estimate of drug-likeness (QED) is 0.441. The zero-order valence-electron chi connectivity index (χ0n) is 21.0. The van der Waals surface area contributed by atoms with Crippen LogP contribution in [-0.2, 0) is 13.0 Å². The molecule has 1 aliphatic rings. The highest BCUT2D eigenvalue weighted by Gasteiger charge is 2.27. The number of fused-ring (bicyclic) bond motifs is 3. The zero-order chi connectivity index (χ0) is 27.0. The number of nitrogens with one attached hydrogen (secondary N) is 1. The number of aromatic hydroxyl groups is 1. The van der Waals surface area contributed by atoms with Crippen molar-refractivity contribution in [2.24, 2.45) is 5.73 Å². The lowest BCUT2D eigenvalue weighted by molar-refractivity contribution is -0.0512. The van der Waals surface area contributed by atoms with Crippen molar-refractivity contribution in [1.29, 1.82) is 0 Å². The minimum atomic E-state index is -3.08. The Bertz CT molecular complexity index is 1400. The van der Waals surface area contributed by atoms with Gasteiger partial charge < -0.3 is 25.8 Å². The summed E-state index contributed by atoms with van der Waals surface area (Å²) in [5.41, 5.74) is 10.3. The van der Waals surface area contributed by atoms with Gasteiger partial charge in [-0.1, -0.05) is 17.7 Å². The lowest BCUT2D eigenvalue weighted by Crippen LogP contribution is -2.43. The van der Waals surface area contributed by atoms with Gasteiger partial charge in [0, 0.05) is 30.4 Å². The molecule has 1 aromatic heterocycles. The SMILES string of the molecule is Cc1cc(C)c(N(c2cc3n(c(=O)n2)CCc2cc(OC(F)F)c(O)cc2-3)C(C)CNC(N)=O)c(C)c1. The number of anilines is 2. The second-order valence-corrected chi connectivity index (χ2v) is 9.25. The molecule has 9 nitrogen and oxygen atoms in total. The molecule has 196 valence electrons. The number of rotatable bonds is 7. The Morgan fingerprint density at radius 1 is 1.22 bits per heavy atom. The number of phenolic OH excluding ortho intramolecular Hbond substituents is 1. The van der Waals surface area contributed by atoms with Gasteiger partial charge in [-0.2, -0.15) is 13.8 Å². The Hall–Kier alpha value is -4.15. The van der Waals surface area contributed by atoms with Crippen molar-refractivity contribution in [1.82, 2.24) is 14.9 Å². The number of nitrogens with two attached hydrogens (primary N) is 1. The highest BCUT2D eigenvalue weighted by Crippen LogP contribution is 2.40. The smallest absolute Gasteiger partial charge is 0.387 e. The Balaban J connectivity index is 1.89. The van der Waals surface area contributed by atoms with Crippen molar-refractivity contribution in [3.05, 3.63) is 63.1 Å². The molecule has 0 bridgehead atoms. The number of aromatic nitrogens is 2. The number of hydrogen-bond acceptors (Lipinski definition) is 6. The van der Waals surface area contributed by atoms with E-state index in [1.165, 1.54) is 16.7 Å². The molecular weight excluding hydrogens is 484 g/mol. The monoisotopic (exact) mass is 513 g/mol. The Labute approximate surface area is 212 Å². The maximum atomic E-state index is 13.2. The predicted octanol–water partition coefficient (Wildman–Crippen LogP) is 3.89. The Morgan fingerprint density at radius 3 is 2.51 bits per heavy atom. The van der Waals surface area contributed by atoms with Crippen LogP contribution in [0.15, 0.2) is 35.1 Å². The van der Waals surface area contributed by atoms with Gasteiger partial charge in [-0.3, -0.25) is 4.57 Å². The van der Waals surface area contributed by atoms with Gasteiger partial charge in [0.2, 0.25) is 0 Å². The van der Waals surface area contributed by atoms with Crippen molar-refractivity contribution in [2.75, 3.05) is 11.4 Å². The molecule has 37 heavy (non-hydrogen) atoms. The molecule has 4 N–H and O–H groups in total. The molecule has 2 heterocycles. The number of carbonyl (C=O) groups excluding carboxylic acids is 1. The molecule has 0 radical (unpaired) electrons. The summed E-state index contributed by atoms with van der Waals surface area (Å²) in [6.07, 6.45) is 0.377. The van der Waals surface area contributed by atoms with Crippen LogP contribution in [0.25, 0.3) is 11.3 Å². The van der Waals surface area contributed by atoms with Crippen LogP contribution in [0.4, 0.5) is 25.1 Å². The normalized spacial score (nSPS) is 13.1. The number of hydrogen-bond donors (Lipinski definition) is 3. The molecule has 0 aliphatic carbocycles. The number of aryl methyl sites for hydroxylation is 4. The highest BCUT2D eigenvalue weighted by molar-refractivity contribution is 5.76. The van der Waals surface area contributed by atoms with E-state index in [9.17, 15) is 23.5 Å². The molecule has 2 amide bonds. The first-order valence-electron chi connectivity index (χ1n) is 11.8. The van der Waals surface area contributed by atoms with E-state index in [1.54, 1.807) is 6.07 Å². The van der Waals surface area contributed by atoms with Crippen LogP contribution >= 0.6 is 0 Å². The maximum absolute atomic E-state index is 13.2. The number of phenols is 1. The van der Waals surface area contributed by atoms with E-state index >= 15 is 0 Å². The molecule has 3 aromatic rings. The molecule has 0 saturated heterocycles. The summed E-state index contributed by atoms with van der Waals surface area (Å²) in [5.74, 6) is -0.442. The summed E-state index contributed by atoms with van der Waals surface area (Å²) < 4.78 is 31.5. The summed E-state index contributed by atoms with van der Waals surface area (Å²) in [4.78, 5) is 30.9. The molecule has 1 atom stereocenters. The third-order valence-electron chi connectivity index (χ3n) is 6.41. The number of ether oxygens (including phenoxy) is 1. The van der Waals surface area contributed by atoms with Gasteiger partial charge in [0.05, 0.1) is 11.7 Å². The number of carbonyl (C=O) groups is 1. The van der Waals surface area contributed by atoms with Gasteiger partial charge in [0.1, 0.15) is 5.82 Å². The summed E-state index contributed by atoms with van der Waals surface area (Å²) >= 11 is 0. The number of amides is 2. The fraction of sp³-hybridized carbons (Fsp3) is 0.346. The summed E-state index contributed by atoms with van der Waals surface area (Å²) in [6.45, 7) is 5.18. The van der Waals surface area contributed by atoms with Gasteiger partial charge in [0.15, 0.2) is 11.5 Å². The topological polar surface area (TPSA) is 123 Å². The summed E-state index contributed by atoms with van der Waals surface area (Å²) in [6, 6.07) is 7.45. The van der Waals surface area contributed by atoms with Gasteiger partial charge >= 0.3 is 18.3 Å². The van der Waals surface area contributed by atoms with E-state index in [0.717, 1.165) is 22.4 Å². The summed E-state index contributed by atoms with van der Waals surface area (Å²) in [5, 5.41) is 13.0. The second kappa shape index (κ2) is 10.1. The number of nitrogens with zero attached hydrogens (tertiary/aromatic N) is 3. The average Bonchev–Trinajstić information content (AvgIpc) is 2.79. The fourth-order valence-corrected chi connectivity index (χ4v) is 4.99. The molecule has 0 saturated carbocycles. The van der Waals surface area contributed by atoms with Crippen molar-refractivity contribution in [3.63, 3.8) is 0 Å². The van der Waals surface area contributed by atoms with Gasteiger partial charge in [0.25, 0.3) is 0 Å². The Morgan fingerprint density at radius 2 is 1.89 bits per heavy atom. The van der Waals surface area contributed by atoms with Crippen molar-refractivity contribution < 1.29 is 23.4 Å². The zero-order valence-corrected chi connectivity index (χ0v) is 21.0. The third-order valence-corrected chi connectivity index (χ3v) is 6.41. The standard InChI is InChI=1S/C26H29F2N5O4/c1-13-7-14(2)23(15(3)8-13)33(16(4)12-30-25(29)35)22-11-19-18-10-20(34)21(37-24(27)28)9-17(18)5-6-32(19)26(36)31-22/h7-11,16,24,34H,5-6,12H2,1-4H3,(H3,29,30,35). The average molecular weight is 514 g/mol. The first kappa shape index (κ1) is 25.9. The van der Waals surface area contributed by atoms with Gasteiger partial charge in [-0.15, -0.1) is 0 Å². The maximum Gasteiger partial charge on any atom is 0.387 e. The first-order chi connectivity index (χ1) is 17.5. The van der Waals surface area contributed by atoms with Crippen molar-refractivity contribution in [3.8, 4) is 22.8 Å². The van der Waals surface area contributed by atoms with E-state index in [4.69, 9.17) is 5.73 Å². The van der Waals surface area contributed by atoms with E-state index in [1.807, 2.05) is 44.7 Å². The lowest BCUT2D eigenvalue weighted by Gasteiger charge is -2.34. The molecule has 4 rings (SSSR count). The molecule has 2 aromatic carbocycles. The predicted molar refractivity (Wildman–Crippen MR) is 136 cm³/mol. The number of benzene rings is 2. The van der Waals surface area contributed by atoms with Crippen LogP contribution in [0.5, 0.6) is 11.5 Å². The van der Waals surface area contributed by atoms with E-state index in [-0.39, 0.29) is 24.9 Å². The largest absolute Gasteiger partial charge is 0.504 e. The third kappa shape index (κ3) is 5.20. The minimum Gasteiger partial charge on any atom is -0.504 e. The van der Waals surface area contributed by atoms with E-state index in [2.05, 4.69) is 15.0 Å². The van der Waals surface area contributed by atoms with Crippen LogP contribution < -0.4 is 26.4 Å². The van der Waals surface area contributed by atoms with Crippen LogP contribution in [0.2, 0.25) is 0 Å². The Kier molecular flexibility index (Phi) is 7.06. The van der Waals surface area contributed by atoms with Gasteiger partial charge in [-0.05, 0) is 62.9 Å². The second-order valence-electron chi connectivity index (χ2n) is 9.25. The van der Waals surface area contributed by atoms with Crippen LogP contribution in [0.3, 0.4) is 0 Å². The van der Waals surface area contributed by atoms with Crippen LogP contribution in [0.1, 0.15) is 29.2 Å².